The summed E-state index contributed by atoms with van der Waals surface area (Å²) >= 11 is 0. The molecule has 7 nitrogen and oxygen atoms in total. The van der Waals surface area contributed by atoms with Crippen LogP contribution in [0, 0.1) is 10.1 Å². The molecule has 7 heteroatoms. The molecule has 132 valence electrons. The zero-order valence-electron chi connectivity index (χ0n) is 14.3. The molecule has 0 spiro atoms. The molecule has 0 saturated carbocycles. The molecule has 0 aliphatic carbocycles. The van der Waals surface area contributed by atoms with E-state index in [0.717, 1.165) is 37.5 Å². The van der Waals surface area contributed by atoms with E-state index in [1.807, 2.05) is 0 Å². The van der Waals surface area contributed by atoms with Crippen LogP contribution < -0.4 is 10.6 Å². The second-order valence-corrected chi connectivity index (χ2v) is 6.26. The van der Waals surface area contributed by atoms with Crippen LogP contribution in [-0.2, 0) is 11.3 Å². The van der Waals surface area contributed by atoms with Gasteiger partial charge in [-0.25, -0.2) is 4.99 Å². The van der Waals surface area contributed by atoms with Gasteiger partial charge in [0.25, 0.3) is 5.69 Å². The van der Waals surface area contributed by atoms with Crippen molar-refractivity contribution in [2.75, 3.05) is 13.2 Å². The molecule has 2 rings (SSSR count). The first-order valence-corrected chi connectivity index (χ1v) is 8.44. The normalized spacial score (nSPS) is 18.5. The highest BCUT2D eigenvalue weighted by molar-refractivity contribution is 5.80. The highest BCUT2D eigenvalue weighted by atomic mass is 16.6. The van der Waals surface area contributed by atoms with Gasteiger partial charge in [0, 0.05) is 31.3 Å². The number of guanidine groups is 1. The third-order valence-electron chi connectivity index (χ3n) is 3.76. The lowest BCUT2D eigenvalue weighted by atomic mass is 10.1. The lowest BCUT2D eigenvalue weighted by Gasteiger charge is -2.24. The zero-order valence-corrected chi connectivity index (χ0v) is 14.3. The highest BCUT2D eigenvalue weighted by Gasteiger charge is 2.14. The molecule has 1 aliphatic heterocycles. The number of rotatable bonds is 6. The quantitative estimate of drug-likeness (QED) is 0.361. The summed E-state index contributed by atoms with van der Waals surface area (Å²) in [7, 11) is 0. The summed E-state index contributed by atoms with van der Waals surface area (Å²) in [5.74, 6) is 0.734. The van der Waals surface area contributed by atoms with E-state index in [-0.39, 0.29) is 17.8 Å². The molecule has 1 aromatic rings. The van der Waals surface area contributed by atoms with E-state index < -0.39 is 4.92 Å². The molecule has 1 unspecified atom stereocenters. The fraction of sp³-hybridized carbons (Fsp3) is 0.588. The number of ether oxygens (including phenoxy) is 1. The minimum Gasteiger partial charge on any atom is -0.376 e. The molecule has 1 saturated heterocycles. The van der Waals surface area contributed by atoms with Crippen LogP contribution in [-0.4, -0.2) is 36.2 Å². The molecule has 24 heavy (non-hydrogen) atoms. The Morgan fingerprint density at radius 1 is 1.38 bits per heavy atom. The minimum atomic E-state index is -0.398. The number of aliphatic imine (C=N–C) groups is 1. The summed E-state index contributed by atoms with van der Waals surface area (Å²) in [6.45, 7) is 6.14. The van der Waals surface area contributed by atoms with E-state index in [9.17, 15) is 10.1 Å². The lowest BCUT2D eigenvalue weighted by molar-refractivity contribution is -0.384. The van der Waals surface area contributed by atoms with Crippen molar-refractivity contribution in [2.45, 2.75) is 51.8 Å². The average Bonchev–Trinajstić information content (AvgIpc) is 2.58. The van der Waals surface area contributed by atoms with E-state index >= 15 is 0 Å². The lowest BCUT2D eigenvalue weighted by Crippen LogP contribution is -2.45. The van der Waals surface area contributed by atoms with Crippen molar-refractivity contribution in [1.82, 2.24) is 10.6 Å². The second kappa shape index (κ2) is 9.22. The first-order valence-electron chi connectivity index (χ1n) is 8.44. The number of nitrogens with zero attached hydrogens (tertiary/aromatic N) is 2. The first kappa shape index (κ1) is 18.2. The molecule has 2 N–H and O–H groups in total. The summed E-state index contributed by atoms with van der Waals surface area (Å²) in [6.07, 6.45) is 3.66. The molecule has 1 heterocycles. The molecular weight excluding hydrogens is 308 g/mol. The molecule has 1 atom stereocenters. The van der Waals surface area contributed by atoms with Crippen molar-refractivity contribution in [3.8, 4) is 0 Å². The van der Waals surface area contributed by atoms with Crippen molar-refractivity contribution in [2.24, 2.45) is 4.99 Å². The van der Waals surface area contributed by atoms with Gasteiger partial charge in [-0.3, -0.25) is 10.1 Å². The van der Waals surface area contributed by atoms with Gasteiger partial charge < -0.3 is 15.4 Å². The van der Waals surface area contributed by atoms with Gasteiger partial charge >= 0.3 is 0 Å². The Balaban J connectivity index is 1.92. The molecule has 0 radical (unpaired) electrons. The summed E-state index contributed by atoms with van der Waals surface area (Å²) in [6, 6.07) is 6.74. The minimum absolute atomic E-state index is 0.0934. The Hall–Kier alpha value is -2.15. The van der Waals surface area contributed by atoms with Crippen LogP contribution in [0.25, 0.3) is 0 Å². The van der Waals surface area contributed by atoms with Gasteiger partial charge in [0.1, 0.15) is 0 Å². The van der Waals surface area contributed by atoms with E-state index in [1.165, 1.54) is 18.6 Å². The maximum Gasteiger partial charge on any atom is 0.269 e. The number of benzene rings is 1. The van der Waals surface area contributed by atoms with E-state index in [1.54, 1.807) is 12.1 Å². The number of nitro benzene ring substituents is 1. The number of nitrogens with one attached hydrogen (secondary N) is 2. The standard InChI is InChI=1S/C17H26N4O3/c1-13(2)20-17(19-12-16-5-3-4-10-24-16)18-11-14-6-8-15(9-7-14)21(22)23/h6-9,13,16H,3-5,10-12H2,1-2H3,(H2,18,19,20). The molecular formula is C17H26N4O3. The summed E-state index contributed by atoms with van der Waals surface area (Å²) in [5, 5.41) is 17.3. The SMILES string of the molecule is CC(C)NC(=NCc1ccc([N+](=O)[O-])cc1)NCC1CCCCO1. The number of nitro groups is 1. The van der Waals surface area contributed by atoms with Gasteiger partial charge in [0.2, 0.25) is 0 Å². The van der Waals surface area contributed by atoms with Gasteiger partial charge in [0.05, 0.1) is 17.6 Å². The van der Waals surface area contributed by atoms with Gasteiger partial charge in [0.15, 0.2) is 5.96 Å². The summed E-state index contributed by atoms with van der Waals surface area (Å²) < 4.78 is 5.72. The van der Waals surface area contributed by atoms with Crippen LogP contribution >= 0.6 is 0 Å². The Morgan fingerprint density at radius 3 is 2.71 bits per heavy atom. The fourth-order valence-electron chi connectivity index (χ4n) is 2.50. The van der Waals surface area contributed by atoms with Crippen molar-refractivity contribution >= 4 is 11.6 Å². The van der Waals surface area contributed by atoms with Gasteiger partial charge in [-0.05, 0) is 38.7 Å². The van der Waals surface area contributed by atoms with Gasteiger partial charge in [-0.15, -0.1) is 0 Å². The third-order valence-corrected chi connectivity index (χ3v) is 3.76. The van der Waals surface area contributed by atoms with Crippen LogP contribution in [0.1, 0.15) is 38.7 Å². The topological polar surface area (TPSA) is 88.8 Å². The van der Waals surface area contributed by atoms with E-state index in [0.29, 0.717) is 6.54 Å². The van der Waals surface area contributed by atoms with Crippen molar-refractivity contribution in [3.05, 3.63) is 39.9 Å². The fourth-order valence-corrected chi connectivity index (χ4v) is 2.50. The Morgan fingerprint density at radius 2 is 2.12 bits per heavy atom. The molecule has 1 fully saturated rings. The highest BCUT2D eigenvalue weighted by Crippen LogP contribution is 2.13. The van der Waals surface area contributed by atoms with Crippen LogP contribution in [0.15, 0.2) is 29.3 Å². The smallest absolute Gasteiger partial charge is 0.269 e. The second-order valence-electron chi connectivity index (χ2n) is 6.26. The van der Waals surface area contributed by atoms with Gasteiger partial charge in [-0.2, -0.15) is 0 Å². The maximum absolute atomic E-state index is 10.7. The predicted molar refractivity (Wildman–Crippen MR) is 94.1 cm³/mol. The third kappa shape index (κ3) is 6.16. The molecule has 0 bridgehead atoms. The largest absolute Gasteiger partial charge is 0.376 e. The Bertz CT molecular complexity index is 551. The van der Waals surface area contributed by atoms with E-state index in [2.05, 4.69) is 29.5 Å². The monoisotopic (exact) mass is 334 g/mol. The van der Waals surface area contributed by atoms with Crippen molar-refractivity contribution in [3.63, 3.8) is 0 Å². The summed E-state index contributed by atoms with van der Waals surface area (Å²) in [4.78, 5) is 14.8. The molecule has 0 amide bonds. The molecule has 1 aliphatic rings. The zero-order chi connectivity index (χ0) is 17.4. The van der Waals surface area contributed by atoms with Gasteiger partial charge in [-0.1, -0.05) is 12.1 Å². The average molecular weight is 334 g/mol. The van der Waals surface area contributed by atoms with E-state index in [4.69, 9.17) is 4.74 Å². The first-order chi connectivity index (χ1) is 11.5. The number of non-ortho nitro benzene ring substituents is 1. The Kier molecular flexibility index (Phi) is 6.99. The summed E-state index contributed by atoms with van der Waals surface area (Å²) in [5.41, 5.74) is 1.02. The van der Waals surface area contributed by atoms with Crippen LogP contribution in [0.2, 0.25) is 0 Å². The number of hydrogen-bond donors (Lipinski definition) is 2. The molecule has 1 aromatic carbocycles. The van der Waals surface area contributed by atoms with Crippen LogP contribution in [0.5, 0.6) is 0 Å². The predicted octanol–water partition coefficient (Wildman–Crippen LogP) is 2.61. The Labute approximate surface area is 142 Å². The maximum atomic E-state index is 10.7. The van der Waals surface area contributed by atoms with Crippen molar-refractivity contribution in [1.29, 1.82) is 0 Å². The van der Waals surface area contributed by atoms with Crippen LogP contribution in [0.3, 0.4) is 0 Å². The van der Waals surface area contributed by atoms with Crippen LogP contribution in [0.4, 0.5) is 5.69 Å². The van der Waals surface area contributed by atoms with Crippen molar-refractivity contribution < 1.29 is 9.66 Å². The number of hydrogen-bond acceptors (Lipinski definition) is 4. The molecule has 0 aromatic heterocycles.